The number of H-pyrrole nitrogens is 1. The Morgan fingerprint density at radius 1 is 1.37 bits per heavy atom. The van der Waals surface area contributed by atoms with Crippen molar-refractivity contribution in [3.8, 4) is 11.5 Å². The van der Waals surface area contributed by atoms with Gasteiger partial charge in [0.05, 0.1) is 40.7 Å². The van der Waals surface area contributed by atoms with Crippen LogP contribution in [0.1, 0.15) is 26.3 Å². The maximum Gasteiger partial charge on any atom is 0.250 e. The minimum absolute atomic E-state index is 0.0373. The largest absolute Gasteiger partial charge is 0.490 e. The number of benzene rings is 2. The minimum Gasteiger partial charge on any atom is -0.490 e. The number of carbonyl (C=O) groups excluding carboxylic acids is 1. The Hall–Kier alpha value is -2.71. The summed E-state index contributed by atoms with van der Waals surface area (Å²) in [4.78, 5) is 19.7. The zero-order valence-electron chi connectivity index (χ0n) is 16.9. The summed E-state index contributed by atoms with van der Waals surface area (Å²) in [5, 5.41) is 5.11. The van der Waals surface area contributed by atoms with Crippen molar-refractivity contribution in [2.24, 2.45) is 5.10 Å². The summed E-state index contributed by atoms with van der Waals surface area (Å²) in [6.45, 7) is 6.19. The van der Waals surface area contributed by atoms with E-state index in [9.17, 15) is 4.79 Å². The Kier molecular flexibility index (Phi) is 7.59. The number of ether oxygens (including phenoxy) is 2. The molecule has 0 saturated heterocycles. The second-order valence-electron chi connectivity index (χ2n) is 6.57. The van der Waals surface area contributed by atoms with E-state index in [0.717, 1.165) is 11.0 Å². The molecule has 30 heavy (non-hydrogen) atoms. The molecule has 0 atom stereocenters. The van der Waals surface area contributed by atoms with Gasteiger partial charge in [-0.2, -0.15) is 5.10 Å². The Morgan fingerprint density at radius 3 is 2.90 bits per heavy atom. The number of imidazole rings is 1. The van der Waals surface area contributed by atoms with Crippen LogP contribution in [-0.4, -0.2) is 40.6 Å². The highest BCUT2D eigenvalue weighted by molar-refractivity contribution is 7.99. The van der Waals surface area contributed by atoms with Crippen molar-refractivity contribution in [3.05, 3.63) is 47.0 Å². The lowest BCUT2D eigenvalue weighted by Gasteiger charge is -2.16. The fourth-order valence-corrected chi connectivity index (χ4v) is 3.56. The molecule has 0 spiro atoms. The van der Waals surface area contributed by atoms with E-state index in [-0.39, 0.29) is 17.8 Å². The third-order valence-corrected chi connectivity index (χ3v) is 4.95. The molecule has 2 N–H and O–H groups in total. The molecular weight excluding hydrogens is 424 g/mol. The number of hydrogen-bond acceptors (Lipinski definition) is 6. The predicted molar refractivity (Wildman–Crippen MR) is 121 cm³/mol. The van der Waals surface area contributed by atoms with Gasteiger partial charge < -0.3 is 14.5 Å². The topological polar surface area (TPSA) is 88.6 Å². The van der Waals surface area contributed by atoms with E-state index in [1.807, 2.05) is 45.0 Å². The van der Waals surface area contributed by atoms with Gasteiger partial charge in [-0.05, 0) is 50.6 Å². The van der Waals surface area contributed by atoms with Crippen molar-refractivity contribution >= 4 is 46.5 Å². The van der Waals surface area contributed by atoms with Crippen molar-refractivity contribution in [1.29, 1.82) is 0 Å². The normalized spacial score (nSPS) is 11.4. The lowest BCUT2D eigenvalue weighted by molar-refractivity contribution is -0.118. The van der Waals surface area contributed by atoms with Gasteiger partial charge in [0.2, 0.25) is 0 Å². The van der Waals surface area contributed by atoms with Gasteiger partial charge in [0.25, 0.3) is 5.91 Å². The maximum absolute atomic E-state index is 12.1. The number of hydrazone groups is 1. The van der Waals surface area contributed by atoms with E-state index < -0.39 is 0 Å². The first kappa shape index (κ1) is 22.0. The molecule has 1 amide bonds. The van der Waals surface area contributed by atoms with Crippen LogP contribution >= 0.6 is 23.4 Å². The van der Waals surface area contributed by atoms with Crippen LogP contribution in [0.25, 0.3) is 11.0 Å². The summed E-state index contributed by atoms with van der Waals surface area (Å²) in [7, 11) is 0. The Balaban J connectivity index is 1.59. The van der Waals surface area contributed by atoms with E-state index in [4.69, 9.17) is 21.1 Å². The molecule has 9 heteroatoms. The quantitative estimate of drug-likeness (QED) is 0.284. The van der Waals surface area contributed by atoms with Crippen molar-refractivity contribution < 1.29 is 14.3 Å². The number of rotatable bonds is 9. The third-order valence-electron chi connectivity index (χ3n) is 3.80. The van der Waals surface area contributed by atoms with Crippen LogP contribution in [0, 0.1) is 0 Å². The van der Waals surface area contributed by atoms with E-state index in [1.165, 1.54) is 18.0 Å². The average molecular weight is 447 g/mol. The number of halogens is 1. The molecule has 3 rings (SSSR count). The van der Waals surface area contributed by atoms with Crippen LogP contribution in [0.15, 0.2) is 46.7 Å². The second kappa shape index (κ2) is 10.4. The first-order chi connectivity index (χ1) is 14.5. The Morgan fingerprint density at radius 2 is 2.17 bits per heavy atom. The van der Waals surface area contributed by atoms with Crippen molar-refractivity contribution in [3.63, 3.8) is 0 Å². The van der Waals surface area contributed by atoms with Crippen LogP contribution in [0.2, 0.25) is 5.02 Å². The summed E-state index contributed by atoms with van der Waals surface area (Å²) in [5.74, 6) is 0.972. The first-order valence-corrected chi connectivity index (χ1v) is 10.8. The highest BCUT2D eigenvalue weighted by Gasteiger charge is 2.13. The number of nitrogens with zero attached hydrogens (tertiary/aromatic N) is 2. The standard InChI is InChI=1S/C21H23ClN4O3S/c1-4-28-18-10-14(9-15(22)20(18)29-13(2)3)11-23-26-19(27)12-30-21-24-16-7-5-6-8-17(16)25-21/h5-11,13H,4,12H2,1-3H3,(H,24,25)(H,26,27)/b23-11-. The highest BCUT2D eigenvalue weighted by atomic mass is 35.5. The molecule has 0 saturated carbocycles. The fourth-order valence-electron chi connectivity index (χ4n) is 2.62. The average Bonchev–Trinajstić information content (AvgIpc) is 3.12. The molecule has 0 aliphatic heterocycles. The SMILES string of the molecule is CCOc1cc(/C=N\NC(=O)CSc2nc3ccccc3[nH]2)cc(Cl)c1OC(C)C. The molecular formula is C21H23ClN4O3S. The number of fused-ring (bicyclic) bond motifs is 1. The molecule has 3 aromatic rings. The third kappa shape index (κ3) is 5.90. The second-order valence-corrected chi connectivity index (χ2v) is 7.94. The number of nitrogens with one attached hydrogen (secondary N) is 2. The number of thioether (sulfide) groups is 1. The van der Waals surface area contributed by atoms with Gasteiger partial charge in [-0.25, -0.2) is 10.4 Å². The van der Waals surface area contributed by atoms with E-state index in [0.29, 0.717) is 33.8 Å². The summed E-state index contributed by atoms with van der Waals surface area (Å²) in [6.07, 6.45) is 1.47. The first-order valence-electron chi connectivity index (χ1n) is 9.48. The number of amides is 1. The molecule has 0 radical (unpaired) electrons. The van der Waals surface area contributed by atoms with Crippen LogP contribution < -0.4 is 14.9 Å². The summed E-state index contributed by atoms with van der Waals surface area (Å²) < 4.78 is 11.4. The Bertz CT molecular complexity index is 1020. The maximum atomic E-state index is 12.1. The lowest BCUT2D eigenvalue weighted by Crippen LogP contribution is -2.19. The van der Waals surface area contributed by atoms with Gasteiger partial charge in [-0.1, -0.05) is 35.5 Å². The van der Waals surface area contributed by atoms with Crippen LogP contribution in [0.4, 0.5) is 0 Å². The van der Waals surface area contributed by atoms with E-state index >= 15 is 0 Å². The summed E-state index contributed by atoms with van der Waals surface area (Å²) in [5.41, 5.74) is 4.99. The molecule has 1 heterocycles. The molecule has 0 bridgehead atoms. The highest BCUT2D eigenvalue weighted by Crippen LogP contribution is 2.37. The number of para-hydroxylation sites is 2. The molecule has 0 aliphatic carbocycles. The van der Waals surface area contributed by atoms with Crippen LogP contribution in [0.3, 0.4) is 0 Å². The molecule has 0 fully saturated rings. The van der Waals surface area contributed by atoms with Gasteiger partial charge in [0.15, 0.2) is 16.7 Å². The van der Waals surface area contributed by atoms with Crippen molar-refractivity contribution in [1.82, 2.24) is 15.4 Å². The monoisotopic (exact) mass is 446 g/mol. The smallest absolute Gasteiger partial charge is 0.250 e. The number of hydrogen-bond donors (Lipinski definition) is 2. The van der Waals surface area contributed by atoms with Crippen molar-refractivity contribution in [2.75, 3.05) is 12.4 Å². The van der Waals surface area contributed by atoms with Gasteiger partial charge in [0, 0.05) is 0 Å². The van der Waals surface area contributed by atoms with Gasteiger partial charge in [-0.3, -0.25) is 4.79 Å². The molecule has 7 nitrogen and oxygen atoms in total. The number of carbonyl (C=O) groups is 1. The van der Waals surface area contributed by atoms with Crippen LogP contribution in [-0.2, 0) is 4.79 Å². The molecule has 0 aliphatic rings. The van der Waals surface area contributed by atoms with Gasteiger partial charge in [0.1, 0.15) is 0 Å². The summed E-state index contributed by atoms with van der Waals surface area (Å²) in [6, 6.07) is 11.2. The number of aromatic amines is 1. The fraction of sp³-hybridized carbons (Fsp3) is 0.286. The van der Waals surface area contributed by atoms with Crippen LogP contribution in [0.5, 0.6) is 11.5 Å². The van der Waals surface area contributed by atoms with E-state index in [2.05, 4.69) is 20.5 Å². The lowest BCUT2D eigenvalue weighted by atomic mass is 10.2. The predicted octanol–water partition coefficient (Wildman–Crippen LogP) is 4.64. The molecule has 1 aromatic heterocycles. The molecule has 0 unspecified atom stereocenters. The van der Waals surface area contributed by atoms with Gasteiger partial charge >= 0.3 is 0 Å². The number of aromatic nitrogens is 2. The van der Waals surface area contributed by atoms with Crippen molar-refractivity contribution in [2.45, 2.75) is 32.0 Å². The minimum atomic E-state index is -0.243. The summed E-state index contributed by atoms with van der Waals surface area (Å²) >= 11 is 7.65. The molecule has 2 aromatic carbocycles. The van der Waals surface area contributed by atoms with E-state index in [1.54, 1.807) is 12.1 Å². The van der Waals surface area contributed by atoms with Gasteiger partial charge in [-0.15, -0.1) is 0 Å². The zero-order valence-corrected chi connectivity index (χ0v) is 18.5. The molecule has 158 valence electrons. The Labute approximate surface area is 184 Å². The zero-order chi connectivity index (χ0) is 21.5.